The summed E-state index contributed by atoms with van der Waals surface area (Å²) in [5.74, 6) is 0. The quantitative estimate of drug-likeness (QED) is 0.609. The number of hydrazone groups is 1. The molecule has 2 heteroatoms. The lowest BCUT2D eigenvalue weighted by atomic mass is 10.2. The number of benzene rings is 2. The van der Waals surface area contributed by atoms with Crippen molar-refractivity contribution in [1.29, 1.82) is 0 Å². The van der Waals surface area contributed by atoms with E-state index in [9.17, 15) is 0 Å². The molecular formula is C17H18N2. The minimum atomic E-state index is 0.842. The summed E-state index contributed by atoms with van der Waals surface area (Å²) in [7, 11) is 0. The molecule has 0 aliphatic carbocycles. The Hall–Kier alpha value is -2.35. The van der Waals surface area contributed by atoms with Gasteiger partial charge in [0, 0.05) is 12.1 Å². The molecule has 2 rings (SSSR count). The van der Waals surface area contributed by atoms with Crippen LogP contribution in [0.2, 0.25) is 0 Å². The molecule has 2 nitrogen and oxygen atoms in total. The van der Waals surface area contributed by atoms with Crippen LogP contribution in [0.1, 0.15) is 18.9 Å². The zero-order chi connectivity index (χ0) is 13.3. The van der Waals surface area contributed by atoms with E-state index >= 15 is 0 Å². The Labute approximate surface area is 114 Å². The predicted octanol–water partition coefficient (Wildman–Crippen LogP) is 4.58. The number of anilines is 1. The first-order chi connectivity index (χ1) is 9.34. The molecule has 0 saturated carbocycles. The lowest BCUT2D eigenvalue weighted by Gasteiger charge is -2.01. The lowest BCUT2D eigenvalue weighted by Crippen LogP contribution is -1.95. The Morgan fingerprint density at radius 3 is 2.32 bits per heavy atom. The summed E-state index contributed by atoms with van der Waals surface area (Å²) in [6.45, 7) is 2.02. The van der Waals surface area contributed by atoms with Crippen molar-refractivity contribution in [3.63, 3.8) is 0 Å². The van der Waals surface area contributed by atoms with Crippen molar-refractivity contribution in [2.45, 2.75) is 13.3 Å². The molecule has 0 amide bonds. The van der Waals surface area contributed by atoms with Gasteiger partial charge >= 0.3 is 0 Å². The van der Waals surface area contributed by atoms with Crippen LogP contribution < -0.4 is 5.43 Å². The molecule has 96 valence electrons. The van der Waals surface area contributed by atoms with Gasteiger partial charge < -0.3 is 0 Å². The van der Waals surface area contributed by atoms with E-state index < -0.39 is 0 Å². The Kier molecular flexibility index (Phi) is 4.94. The van der Waals surface area contributed by atoms with Gasteiger partial charge in [0.15, 0.2) is 0 Å². The maximum atomic E-state index is 4.34. The zero-order valence-electron chi connectivity index (χ0n) is 11.1. The van der Waals surface area contributed by atoms with Crippen LogP contribution in [0.25, 0.3) is 6.08 Å². The molecule has 0 bridgehead atoms. The van der Waals surface area contributed by atoms with Gasteiger partial charge in [-0.15, -0.1) is 0 Å². The van der Waals surface area contributed by atoms with Gasteiger partial charge in [-0.1, -0.05) is 60.7 Å². The van der Waals surface area contributed by atoms with Gasteiger partial charge in [0.05, 0.1) is 5.69 Å². The molecule has 0 heterocycles. The SMILES string of the molecule is CC(CC=Cc1ccccc1)=NNc1ccccc1. The van der Waals surface area contributed by atoms with Crippen LogP contribution >= 0.6 is 0 Å². The van der Waals surface area contributed by atoms with Crippen LogP contribution in [-0.4, -0.2) is 5.71 Å². The first-order valence-electron chi connectivity index (χ1n) is 6.40. The highest BCUT2D eigenvalue weighted by atomic mass is 15.3. The van der Waals surface area contributed by atoms with E-state index in [2.05, 4.69) is 34.8 Å². The van der Waals surface area contributed by atoms with Gasteiger partial charge in [0.2, 0.25) is 0 Å². The summed E-state index contributed by atoms with van der Waals surface area (Å²) < 4.78 is 0. The molecule has 0 unspecified atom stereocenters. The van der Waals surface area contributed by atoms with Crippen molar-refractivity contribution in [3.8, 4) is 0 Å². The third kappa shape index (κ3) is 4.80. The molecule has 0 spiro atoms. The monoisotopic (exact) mass is 250 g/mol. The van der Waals surface area contributed by atoms with Gasteiger partial charge in [0.25, 0.3) is 0 Å². The minimum absolute atomic E-state index is 0.842. The van der Waals surface area contributed by atoms with E-state index in [0.29, 0.717) is 0 Å². The van der Waals surface area contributed by atoms with Crippen LogP contribution in [0.4, 0.5) is 5.69 Å². The number of rotatable bonds is 5. The van der Waals surface area contributed by atoms with E-state index in [4.69, 9.17) is 0 Å². The Balaban J connectivity index is 1.84. The van der Waals surface area contributed by atoms with Gasteiger partial charge in [0.1, 0.15) is 0 Å². The van der Waals surface area contributed by atoms with Crippen molar-refractivity contribution in [2.24, 2.45) is 5.10 Å². The van der Waals surface area contributed by atoms with Gasteiger partial charge in [-0.25, -0.2) is 0 Å². The van der Waals surface area contributed by atoms with Crippen LogP contribution in [0, 0.1) is 0 Å². The Morgan fingerprint density at radius 2 is 1.63 bits per heavy atom. The van der Waals surface area contributed by atoms with E-state index in [1.54, 1.807) is 0 Å². The first kappa shape index (κ1) is 13.1. The second kappa shape index (κ2) is 7.17. The fourth-order valence-corrected chi connectivity index (χ4v) is 1.65. The molecule has 1 N–H and O–H groups in total. The molecule has 0 aliphatic rings. The van der Waals surface area contributed by atoms with E-state index in [0.717, 1.165) is 17.8 Å². The maximum absolute atomic E-state index is 4.34. The summed E-state index contributed by atoms with van der Waals surface area (Å²) >= 11 is 0. The summed E-state index contributed by atoms with van der Waals surface area (Å²) in [6, 6.07) is 20.2. The Morgan fingerprint density at radius 1 is 1.00 bits per heavy atom. The second-order valence-electron chi connectivity index (χ2n) is 4.34. The highest BCUT2D eigenvalue weighted by Gasteiger charge is 1.90. The number of para-hydroxylation sites is 1. The number of nitrogens with zero attached hydrogens (tertiary/aromatic N) is 1. The molecule has 0 saturated heterocycles. The summed E-state index contributed by atoms with van der Waals surface area (Å²) in [6.07, 6.45) is 5.08. The zero-order valence-corrected chi connectivity index (χ0v) is 11.1. The first-order valence-corrected chi connectivity index (χ1v) is 6.40. The van der Waals surface area contributed by atoms with Crippen molar-refractivity contribution < 1.29 is 0 Å². The maximum Gasteiger partial charge on any atom is 0.0561 e. The highest BCUT2D eigenvalue weighted by molar-refractivity contribution is 5.84. The fraction of sp³-hybridized carbons (Fsp3) is 0.118. The van der Waals surface area contributed by atoms with Crippen LogP contribution in [0.5, 0.6) is 0 Å². The molecule has 2 aromatic rings. The van der Waals surface area contributed by atoms with Crippen LogP contribution in [-0.2, 0) is 0 Å². The smallest absolute Gasteiger partial charge is 0.0561 e. The number of nitrogens with one attached hydrogen (secondary N) is 1. The van der Waals surface area contributed by atoms with Crippen molar-refractivity contribution >= 4 is 17.5 Å². The van der Waals surface area contributed by atoms with E-state index in [1.807, 2.05) is 55.5 Å². The predicted molar refractivity (Wildman–Crippen MR) is 83.3 cm³/mol. The molecule has 0 aromatic heterocycles. The number of allylic oxidation sites excluding steroid dienone is 1. The summed E-state index contributed by atoms with van der Waals surface area (Å²) in [5.41, 5.74) is 6.32. The molecular weight excluding hydrogens is 232 g/mol. The molecule has 0 aliphatic heterocycles. The van der Waals surface area contributed by atoms with Gasteiger partial charge in [-0.05, 0) is 24.6 Å². The molecule has 0 radical (unpaired) electrons. The van der Waals surface area contributed by atoms with E-state index in [-0.39, 0.29) is 0 Å². The lowest BCUT2D eigenvalue weighted by molar-refractivity contribution is 1.28. The largest absolute Gasteiger partial charge is 0.279 e. The van der Waals surface area contributed by atoms with Gasteiger partial charge in [-0.3, -0.25) is 5.43 Å². The number of hydrogen-bond donors (Lipinski definition) is 1. The van der Waals surface area contributed by atoms with Gasteiger partial charge in [-0.2, -0.15) is 5.10 Å². The molecule has 19 heavy (non-hydrogen) atoms. The third-order valence-corrected chi connectivity index (χ3v) is 2.67. The summed E-state index contributed by atoms with van der Waals surface area (Å²) in [5, 5.41) is 4.34. The topological polar surface area (TPSA) is 24.4 Å². The third-order valence-electron chi connectivity index (χ3n) is 2.67. The normalized spacial score (nSPS) is 11.7. The second-order valence-corrected chi connectivity index (χ2v) is 4.34. The van der Waals surface area contributed by atoms with E-state index in [1.165, 1.54) is 5.56 Å². The standard InChI is InChI=1S/C17H18N2/c1-15(18-19-17-13-6-3-7-14-17)9-8-12-16-10-4-2-5-11-16/h2-8,10-14,19H,9H2,1H3. The minimum Gasteiger partial charge on any atom is -0.279 e. The molecule has 0 fully saturated rings. The highest BCUT2D eigenvalue weighted by Crippen LogP contribution is 2.06. The molecule has 0 atom stereocenters. The average Bonchev–Trinajstić information content (AvgIpc) is 2.47. The Bertz CT molecular complexity index is 542. The summed E-state index contributed by atoms with van der Waals surface area (Å²) in [4.78, 5) is 0. The van der Waals surface area contributed by atoms with Crippen molar-refractivity contribution in [1.82, 2.24) is 0 Å². The average molecular weight is 250 g/mol. The van der Waals surface area contributed by atoms with Crippen LogP contribution in [0.3, 0.4) is 0 Å². The fourth-order valence-electron chi connectivity index (χ4n) is 1.65. The van der Waals surface area contributed by atoms with Crippen molar-refractivity contribution in [3.05, 3.63) is 72.3 Å². The van der Waals surface area contributed by atoms with Crippen molar-refractivity contribution in [2.75, 3.05) is 5.43 Å². The molecule has 2 aromatic carbocycles. The van der Waals surface area contributed by atoms with Crippen LogP contribution in [0.15, 0.2) is 71.8 Å². The number of hydrogen-bond acceptors (Lipinski definition) is 2.